The first kappa shape index (κ1) is 17.3. The van der Waals surface area contributed by atoms with Crippen LogP contribution < -0.4 is 15.5 Å². The van der Waals surface area contributed by atoms with E-state index in [2.05, 4.69) is 49.9 Å². The highest BCUT2D eigenvalue weighted by molar-refractivity contribution is 5.92. The van der Waals surface area contributed by atoms with Crippen LogP contribution in [0.5, 0.6) is 0 Å². The Labute approximate surface area is 158 Å². The molecule has 0 aliphatic carbocycles. The molecule has 27 heavy (non-hydrogen) atoms. The van der Waals surface area contributed by atoms with Crippen molar-refractivity contribution in [1.82, 2.24) is 20.1 Å². The fraction of sp³-hybridized carbons (Fsp3) is 0.350. The van der Waals surface area contributed by atoms with Crippen molar-refractivity contribution in [1.29, 1.82) is 0 Å². The number of carbonyl (C=O) groups excluding carboxylic acids is 1. The molecule has 1 aliphatic rings. The third kappa shape index (κ3) is 3.72. The predicted octanol–water partition coefficient (Wildman–Crippen LogP) is 3.07. The summed E-state index contributed by atoms with van der Waals surface area (Å²) >= 11 is 0. The van der Waals surface area contributed by atoms with Gasteiger partial charge in [-0.2, -0.15) is 5.10 Å². The number of urea groups is 1. The van der Waals surface area contributed by atoms with Gasteiger partial charge in [0.2, 0.25) is 0 Å². The van der Waals surface area contributed by atoms with E-state index < -0.39 is 0 Å². The van der Waals surface area contributed by atoms with E-state index in [4.69, 9.17) is 0 Å². The molecular formula is C20H24N6O. The lowest BCUT2D eigenvalue weighted by atomic mass is 10.0. The number of aryl methyl sites for hydroxylation is 2. The first-order valence-electron chi connectivity index (χ1n) is 9.27. The summed E-state index contributed by atoms with van der Waals surface area (Å²) < 4.78 is 1.75. The maximum atomic E-state index is 12.4. The van der Waals surface area contributed by atoms with Crippen LogP contribution in [0.25, 0.3) is 11.0 Å². The van der Waals surface area contributed by atoms with Crippen LogP contribution in [0.4, 0.5) is 16.2 Å². The highest BCUT2D eigenvalue weighted by atomic mass is 16.2. The van der Waals surface area contributed by atoms with Crippen LogP contribution in [0, 0.1) is 6.92 Å². The second kappa shape index (κ2) is 7.26. The number of fused-ring (bicyclic) bond motifs is 1. The minimum atomic E-state index is -0.184. The van der Waals surface area contributed by atoms with Gasteiger partial charge in [-0.05, 0) is 38.0 Å². The van der Waals surface area contributed by atoms with Crippen molar-refractivity contribution in [2.45, 2.75) is 25.8 Å². The molecule has 1 fully saturated rings. The number of anilines is 2. The molecule has 2 amide bonds. The second-order valence-corrected chi connectivity index (χ2v) is 7.00. The SMILES string of the molecule is Cc1nn(C)c2ncc(NC(=O)NC3CCN(c4ccccc4)CC3)cc12. The maximum absolute atomic E-state index is 12.4. The van der Waals surface area contributed by atoms with E-state index in [1.54, 1.807) is 10.9 Å². The Bertz CT molecular complexity index is 944. The Morgan fingerprint density at radius 2 is 1.93 bits per heavy atom. The van der Waals surface area contributed by atoms with E-state index in [0.717, 1.165) is 42.7 Å². The lowest BCUT2D eigenvalue weighted by Gasteiger charge is -2.33. The van der Waals surface area contributed by atoms with Gasteiger partial charge < -0.3 is 15.5 Å². The molecule has 7 heteroatoms. The number of para-hydroxylation sites is 1. The Kier molecular flexibility index (Phi) is 4.66. The fourth-order valence-corrected chi connectivity index (χ4v) is 3.65. The number of benzene rings is 1. The third-order valence-corrected chi connectivity index (χ3v) is 5.07. The summed E-state index contributed by atoms with van der Waals surface area (Å²) in [6.45, 7) is 3.82. The average molecular weight is 364 g/mol. The highest BCUT2D eigenvalue weighted by Gasteiger charge is 2.21. The molecule has 7 nitrogen and oxygen atoms in total. The topological polar surface area (TPSA) is 75.1 Å². The van der Waals surface area contributed by atoms with Crippen LogP contribution in [0.15, 0.2) is 42.6 Å². The number of pyridine rings is 1. The standard InChI is InChI=1S/C20H24N6O/c1-14-18-12-16(13-21-19(18)25(2)24-14)23-20(27)22-15-8-10-26(11-9-15)17-6-4-3-5-7-17/h3-7,12-13,15H,8-11H2,1-2H3,(H2,22,23,27). The number of rotatable bonds is 3. The zero-order chi connectivity index (χ0) is 18.8. The van der Waals surface area contributed by atoms with Crippen molar-refractivity contribution in [2.75, 3.05) is 23.3 Å². The maximum Gasteiger partial charge on any atom is 0.319 e. The normalized spacial score (nSPS) is 15.1. The predicted molar refractivity (Wildman–Crippen MR) is 107 cm³/mol. The minimum Gasteiger partial charge on any atom is -0.371 e. The van der Waals surface area contributed by atoms with Gasteiger partial charge in [0.05, 0.1) is 17.6 Å². The van der Waals surface area contributed by atoms with E-state index in [1.165, 1.54) is 5.69 Å². The number of hydrogen-bond donors (Lipinski definition) is 2. The van der Waals surface area contributed by atoms with Crippen LogP contribution >= 0.6 is 0 Å². The van der Waals surface area contributed by atoms with Crippen LogP contribution in [0.1, 0.15) is 18.5 Å². The largest absolute Gasteiger partial charge is 0.371 e. The summed E-state index contributed by atoms with van der Waals surface area (Å²) in [5.74, 6) is 0. The summed E-state index contributed by atoms with van der Waals surface area (Å²) in [5, 5.41) is 11.3. The molecule has 3 heterocycles. The minimum absolute atomic E-state index is 0.182. The molecule has 1 saturated heterocycles. The van der Waals surface area contributed by atoms with Gasteiger partial charge in [-0.25, -0.2) is 9.78 Å². The van der Waals surface area contributed by atoms with Crippen LogP contribution in [-0.4, -0.2) is 39.9 Å². The fourth-order valence-electron chi connectivity index (χ4n) is 3.65. The Hall–Kier alpha value is -3.09. The van der Waals surface area contributed by atoms with Crippen LogP contribution in [0.3, 0.4) is 0 Å². The van der Waals surface area contributed by atoms with Crippen molar-refractivity contribution < 1.29 is 4.79 Å². The van der Waals surface area contributed by atoms with Crippen LogP contribution in [-0.2, 0) is 7.05 Å². The molecule has 0 radical (unpaired) electrons. The third-order valence-electron chi connectivity index (χ3n) is 5.07. The molecular weight excluding hydrogens is 340 g/mol. The molecule has 0 bridgehead atoms. The van der Waals surface area contributed by atoms with Gasteiger partial charge >= 0.3 is 6.03 Å². The summed E-state index contributed by atoms with van der Waals surface area (Å²) in [4.78, 5) is 19.1. The zero-order valence-electron chi connectivity index (χ0n) is 15.6. The Balaban J connectivity index is 1.33. The smallest absolute Gasteiger partial charge is 0.319 e. The van der Waals surface area contributed by atoms with Crippen molar-refractivity contribution in [3.8, 4) is 0 Å². The lowest BCUT2D eigenvalue weighted by Crippen LogP contribution is -2.46. The van der Waals surface area contributed by atoms with E-state index in [9.17, 15) is 4.79 Å². The number of piperidine rings is 1. The molecule has 140 valence electrons. The quantitative estimate of drug-likeness (QED) is 0.749. The molecule has 1 aliphatic heterocycles. The van der Waals surface area contributed by atoms with E-state index in [0.29, 0.717) is 5.69 Å². The molecule has 0 atom stereocenters. The van der Waals surface area contributed by atoms with Crippen molar-refractivity contribution >= 4 is 28.4 Å². The molecule has 4 rings (SSSR count). The lowest BCUT2D eigenvalue weighted by molar-refractivity contribution is 0.246. The summed E-state index contributed by atoms with van der Waals surface area (Å²) in [5.41, 5.74) is 3.63. The van der Waals surface area contributed by atoms with Gasteiger partial charge in [0, 0.05) is 37.3 Å². The number of hydrogen-bond acceptors (Lipinski definition) is 4. The summed E-state index contributed by atoms with van der Waals surface area (Å²) in [7, 11) is 1.87. The molecule has 2 N–H and O–H groups in total. The molecule has 2 aromatic heterocycles. The summed E-state index contributed by atoms with van der Waals surface area (Å²) in [6.07, 6.45) is 3.53. The van der Waals surface area contributed by atoms with Gasteiger partial charge in [-0.1, -0.05) is 18.2 Å². The van der Waals surface area contributed by atoms with Crippen molar-refractivity contribution in [3.63, 3.8) is 0 Å². The van der Waals surface area contributed by atoms with Gasteiger partial charge in [0.1, 0.15) is 0 Å². The van der Waals surface area contributed by atoms with E-state index >= 15 is 0 Å². The van der Waals surface area contributed by atoms with Gasteiger partial charge in [0.15, 0.2) is 5.65 Å². The Morgan fingerprint density at radius 3 is 2.67 bits per heavy atom. The molecule has 0 unspecified atom stereocenters. The Morgan fingerprint density at radius 1 is 1.19 bits per heavy atom. The average Bonchev–Trinajstić information content (AvgIpc) is 2.96. The van der Waals surface area contributed by atoms with Crippen molar-refractivity contribution in [3.05, 3.63) is 48.3 Å². The van der Waals surface area contributed by atoms with Crippen molar-refractivity contribution in [2.24, 2.45) is 7.05 Å². The summed E-state index contributed by atoms with van der Waals surface area (Å²) in [6, 6.07) is 12.3. The van der Waals surface area contributed by atoms with E-state index in [-0.39, 0.29) is 12.1 Å². The molecule has 3 aromatic rings. The number of aromatic nitrogens is 3. The van der Waals surface area contributed by atoms with Crippen LogP contribution in [0.2, 0.25) is 0 Å². The van der Waals surface area contributed by atoms with Gasteiger partial charge in [-0.3, -0.25) is 4.68 Å². The number of nitrogens with one attached hydrogen (secondary N) is 2. The second-order valence-electron chi connectivity index (χ2n) is 7.00. The van der Waals surface area contributed by atoms with Gasteiger partial charge in [-0.15, -0.1) is 0 Å². The van der Waals surface area contributed by atoms with Gasteiger partial charge in [0.25, 0.3) is 0 Å². The first-order chi connectivity index (χ1) is 13.1. The molecule has 0 spiro atoms. The number of amides is 2. The monoisotopic (exact) mass is 364 g/mol. The van der Waals surface area contributed by atoms with E-state index in [1.807, 2.05) is 26.1 Å². The highest BCUT2D eigenvalue weighted by Crippen LogP contribution is 2.21. The zero-order valence-corrected chi connectivity index (χ0v) is 15.6. The number of nitrogens with zero attached hydrogens (tertiary/aromatic N) is 4. The first-order valence-corrected chi connectivity index (χ1v) is 9.27. The molecule has 0 saturated carbocycles. The number of carbonyl (C=O) groups is 1. The molecule has 1 aromatic carbocycles.